The summed E-state index contributed by atoms with van der Waals surface area (Å²) in [5, 5.41) is 13.6. The summed E-state index contributed by atoms with van der Waals surface area (Å²) in [5.74, 6) is -0.428. The van der Waals surface area contributed by atoms with Gasteiger partial charge >= 0.3 is 5.97 Å². The molecule has 3 rings (SSSR count). The number of nitro groups is 1. The van der Waals surface area contributed by atoms with E-state index in [-0.39, 0.29) is 16.4 Å². The van der Waals surface area contributed by atoms with Gasteiger partial charge in [0.05, 0.1) is 12.0 Å². The van der Waals surface area contributed by atoms with E-state index >= 15 is 0 Å². The zero-order valence-electron chi connectivity index (χ0n) is 17.4. The highest BCUT2D eigenvalue weighted by Crippen LogP contribution is 2.28. The number of rotatable bonds is 9. The molecule has 1 unspecified atom stereocenters. The largest absolute Gasteiger partial charge is 0.497 e. The number of nitrogens with one attached hydrogen (secondary N) is 1. The highest BCUT2D eigenvalue weighted by molar-refractivity contribution is 6.32. The summed E-state index contributed by atoms with van der Waals surface area (Å²) in [5.41, 5.74) is 0.175. The predicted octanol–water partition coefficient (Wildman–Crippen LogP) is 4.56. The number of halogens is 1. The molecule has 0 spiro atoms. The number of nitro benzene ring substituents is 1. The molecule has 170 valence electrons. The molecule has 3 aromatic rings. The molecule has 9 nitrogen and oxygen atoms in total. The number of amides is 1. The van der Waals surface area contributed by atoms with Crippen molar-refractivity contribution in [2.24, 2.45) is 0 Å². The molecule has 0 aromatic heterocycles. The Bertz CT molecular complexity index is 1140. The summed E-state index contributed by atoms with van der Waals surface area (Å²) < 4.78 is 15.8. The van der Waals surface area contributed by atoms with Gasteiger partial charge in [-0.05, 0) is 36.4 Å². The predicted molar refractivity (Wildman–Crippen MR) is 121 cm³/mol. The molecule has 0 aliphatic carbocycles. The molecule has 0 saturated carbocycles. The van der Waals surface area contributed by atoms with E-state index in [9.17, 15) is 19.7 Å². The van der Waals surface area contributed by atoms with E-state index in [0.717, 1.165) is 6.07 Å². The van der Waals surface area contributed by atoms with Gasteiger partial charge in [0.15, 0.2) is 6.61 Å². The molecule has 1 amide bonds. The lowest BCUT2D eigenvalue weighted by Crippen LogP contribution is -2.28. The summed E-state index contributed by atoms with van der Waals surface area (Å²) in [6.45, 7) is -0.435. The van der Waals surface area contributed by atoms with E-state index < -0.39 is 29.5 Å². The molecule has 0 aliphatic heterocycles. The molecule has 0 aliphatic rings. The van der Waals surface area contributed by atoms with Crippen molar-refractivity contribution in [1.29, 1.82) is 0 Å². The molecule has 0 bridgehead atoms. The van der Waals surface area contributed by atoms with Gasteiger partial charge in [-0.25, -0.2) is 4.79 Å². The first-order chi connectivity index (χ1) is 15.9. The van der Waals surface area contributed by atoms with Crippen LogP contribution in [0.25, 0.3) is 0 Å². The topological polar surface area (TPSA) is 117 Å². The molecule has 33 heavy (non-hydrogen) atoms. The number of anilines is 1. The van der Waals surface area contributed by atoms with Crippen molar-refractivity contribution in [3.63, 3.8) is 0 Å². The van der Waals surface area contributed by atoms with E-state index in [4.69, 9.17) is 25.8 Å². The van der Waals surface area contributed by atoms with Crippen LogP contribution in [0.2, 0.25) is 5.02 Å². The van der Waals surface area contributed by atoms with Crippen LogP contribution in [0.3, 0.4) is 0 Å². The van der Waals surface area contributed by atoms with Crippen LogP contribution in [-0.2, 0) is 14.3 Å². The Labute approximate surface area is 194 Å². The van der Waals surface area contributed by atoms with Gasteiger partial charge in [0.25, 0.3) is 11.6 Å². The summed E-state index contributed by atoms with van der Waals surface area (Å²) in [6.07, 6.45) is -1.31. The van der Waals surface area contributed by atoms with E-state index in [2.05, 4.69) is 5.32 Å². The molecule has 0 radical (unpaired) electrons. The van der Waals surface area contributed by atoms with Crippen molar-refractivity contribution in [2.45, 2.75) is 6.10 Å². The average molecular weight is 471 g/mol. The van der Waals surface area contributed by atoms with E-state index in [1.54, 1.807) is 54.6 Å². The van der Waals surface area contributed by atoms with Crippen LogP contribution in [0.1, 0.15) is 11.7 Å². The smallest absolute Gasteiger partial charge is 0.345 e. The molecule has 1 N–H and O–H groups in total. The standard InChI is InChI=1S/C23H19ClN2O7/c1-31-17-8-10-18(11-9-17)32-14-21(27)33-22(15-5-3-2-4-6-15)23(28)25-16-7-12-19(24)20(13-16)26(29)30/h2-13,22H,14H2,1H3,(H,25,28). The van der Waals surface area contributed by atoms with Crippen molar-refractivity contribution < 1.29 is 28.7 Å². The zero-order valence-corrected chi connectivity index (χ0v) is 18.2. The van der Waals surface area contributed by atoms with E-state index in [1.807, 2.05) is 0 Å². The lowest BCUT2D eigenvalue weighted by atomic mass is 10.1. The monoisotopic (exact) mass is 470 g/mol. The van der Waals surface area contributed by atoms with Gasteiger partial charge in [-0.3, -0.25) is 14.9 Å². The maximum Gasteiger partial charge on any atom is 0.345 e. The van der Waals surface area contributed by atoms with Gasteiger partial charge in [-0.1, -0.05) is 41.9 Å². The van der Waals surface area contributed by atoms with Crippen molar-refractivity contribution >= 4 is 34.9 Å². The van der Waals surface area contributed by atoms with Crippen LogP contribution in [0.15, 0.2) is 72.8 Å². The van der Waals surface area contributed by atoms with Crippen LogP contribution >= 0.6 is 11.6 Å². The van der Waals surface area contributed by atoms with Crippen LogP contribution in [-0.4, -0.2) is 30.5 Å². The van der Waals surface area contributed by atoms with Crippen molar-refractivity contribution in [3.05, 3.63) is 93.5 Å². The number of methoxy groups -OCH3 is 1. The lowest BCUT2D eigenvalue weighted by Gasteiger charge is -2.18. The minimum atomic E-state index is -1.31. The van der Waals surface area contributed by atoms with Crippen molar-refractivity contribution in [1.82, 2.24) is 0 Å². The number of benzene rings is 3. The number of hydrogen-bond acceptors (Lipinski definition) is 7. The normalized spacial score (nSPS) is 11.2. The minimum Gasteiger partial charge on any atom is -0.497 e. The fraction of sp³-hybridized carbons (Fsp3) is 0.130. The molecule has 0 fully saturated rings. The highest BCUT2D eigenvalue weighted by atomic mass is 35.5. The van der Waals surface area contributed by atoms with Crippen LogP contribution in [0, 0.1) is 10.1 Å². The van der Waals surface area contributed by atoms with Gasteiger partial charge in [0.1, 0.15) is 16.5 Å². The first-order valence-corrected chi connectivity index (χ1v) is 10.0. The number of hydrogen-bond donors (Lipinski definition) is 1. The fourth-order valence-electron chi connectivity index (χ4n) is 2.82. The first-order valence-electron chi connectivity index (χ1n) is 9.63. The zero-order chi connectivity index (χ0) is 23.8. The van der Waals surface area contributed by atoms with Gasteiger partial charge < -0.3 is 19.5 Å². The number of carbonyl (C=O) groups excluding carboxylic acids is 2. The molecule has 0 saturated heterocycles. The Morgan fingerprint density at radius 3 is 2.33 bits per heavy atom. The second-order valence-corrected chi connectivity index (χ2v) is 7.06. The Balaban J connectivity index is 1.72. The van der Waals surface area contributed by atoms with Crippen LogP contribution in [0.4, 0.5) is 11.4 Å². The van der Waals surface area contributed by atoms with Crippen molar-refractivity contribution in [2.75, 3.05) is 19.0 Å². The van der Waals surface area contributed by atoms with Gasteiger partial charge in [0, 0.05) is 17.3 Å². The molecule has 10 heteroatoms. The summed E-state index contributed by atoms with van der Waals surface area (Å²) in [4.78, 5) is 35.8. The molecule has 3 aromatic carbocycles. The Hall–Kier alpha value is -4.11. The SMILES string of the molecule is COc1ccc(OCC(=O)OC(C(=O)Nc2ccc(Cl)c([N+](=O)[O-])c2)c2ccccc2)cc1. The van der Waals surface area contributed by atoms with Crippen molar-refractivity contribution in [3.8, 4) is 11.5 Å². The number of esters is 1. The maximum absolute atomic E-state index is 12.9. The first kappa shape index (κ1) is 23.6. The van der Waals surface area contributed by atoms with Crippen LogP contribution in [0.5, 0.6) is 11.5 Å². The van der Waals surface area contributed by atoms with Gasteiger partial charge in [0.2, 0.25) is 6.10 Å². The average Bonchev–Trinajstić information content (AvgIpc) is 2.83. The van der Waals surface area contributed by atoms with Gasteiger partial charge in [-0.2, -0.15) is 0 Å². The fourth-order valence-corrected chi connectivity index (χ4v) is 3.01. The number of carbonyl (C=O) groups is 2. The highest BCUT2D eigenvalue weighted by Gasteiger charge is 2.26. The Morgan fingerprint density at radius 2 is 1.70 bits per heavy atom. The second kappa shape index (κ2) is 11.0. The quantitative estimate of drug-likeness (QED) is 0.277. The summed E-state index contributed by atoms with van der Waals surface area (Å²) in [7, 11) is 1.53. The Kier molecular flexibility index (Phi) is 7.82. The van der Waals surface area contributed by atoms with E-state index in [0.29, 0.717) is 17.1 Å². The summed E-state index contributed by atoms with van der Waals surface area (Å²) >= 11 is 5.81. The third kappa shape index (κ3) is 6.44. The number of nitrogens with zero attached hydrogens (tertiary/aromatic N) is 1. The Morgan fingerprint density at radius 1 is 1.03 bits per heavy atom. The summed E-state index contributed by atoms with van der Waals surface area (Å²) in [6, 6.07) is 18.8. The maximum atomic E-state index is 12.9. The molecule has 0 heterocycles. The minimum absolute atomic E-state index is 0.0697. The molecule has 1 atom stereocenters. The molecular formula is C23H19ClN2O7. The third-order valence-electron chi connectivity index (χ3n) is 4.42. The number of ether oxygens (including phenoxy) is 3. The second-order valence-electron chi connectivity index (χ2n) is 6.66. The van der Waals surface area contributed by atoms with Crippen LogP contribution < -0.4 is 14.8 Å². The van der Waals surface area contributed by atoms with E-state index in [1.165, 1.54) is 19.2 Å². The van der Waals surface area contributed by atoms with Gasteiger partial charge in [-0.15, -0.1) is 0 Å². The lowest BCUT2D eigenvalue weighted by molar-refractivity contribution is -0.384. The molecular weight excluding hydrogens is 452 g/mol. The third-order valence-corrected chi connectivity index (χ3v) is 4.74.